The normalized spacial score (nSPS) is 11.9. The van der Waals surface area contributed by atoms with Crippen LogP contribution in [0.3, 0.4) is 0 Å². The van der Waals surface area contributed by atoms with Gasteiger partial charge in [-0.3, -0.25) is 0 Å². The molecule has 0 saturated heterocycles. The van der Waals surface area contributed by atoms with E-state index in [0.29, 0.717) is 6.42 Å². The highest BCUT2D eigenvalue weighted by atomic mass is 16.8. The molecule has 148 valence electrons. The van der Waals surface area contributed by atoms with Crippen molar-refractivity contribution >= 4 is 12.3 Å². The highest BCUT2D eigenvalue weighted by molar-refractivity contribution is 5.75. The summed E-state index contributed by atoms with van der Waals surface area (Å²) in [6.45, 7) is 4.17. The zero-order valence-corrected chi connectivity index (χ0v) is 16.3. The highest BCUT2D eigenvalue weighted by Gasteiger charge is 2.16. The van der Waals surface area contributed by atoms with Crippen molar-refractivity contribution in [2.75, 3.05) is 0 Å². The van der Waals surface area contributed by atoms with E-state index >= 15 is 0 Å². The van der Waals surface area contributed by atoms with Gasteiger partial charge in [0.25, 0.3) is 0 Å². The van der Waals surface area contributed by atoms with E-state index in [-0.39, 0.29) is 6.10 Å². The number of rotatable bonds is 16. The van der Waals surface area contributed by atoms with Crippen LogP contribution in [0, 0.1) is 0 Å². The summed E-state index contributed by atoms with van der Waals surface area (Å²) in [6, 6.07) is 0. The summed E-state index contributed by atoms with van der Waals surface area (Å²) in [5, 5.41) is 8.35. The molecule has 0 aliphatic rings. The number of hydrogen-bond acceptors (Lipinski definition) is 4. The standard InChI is InChI=1S/C20H38O5/c1-3-5-6-7-8-9-10-11-12-13-14-15-16-17-18(4-2)24-20(23)25-19(21)22/h18H,3-17H2,1-2H3,(H,21,22). The summed E-state index contributed by atoms with van der Waals surface area (Å²) in [5.74, 6) is 0. The van der Waals surface area contributed by atoms with E-state index in [4.69, 9.17) is 9.84 Å². The van der Waals surface area contributed by atoms with Gasteiger partial charge < -0.3 is 14.6 Å². The molecule has 0 saturated carbocycles. The fourth-order valence-electron chi connectivity index (χ4n) is 2.97. The number of unbranched alkanes of at least 4 members (excludes halogenated alkanes) is 12. The van der Waals surface area contributed by atoms with Crippen LogP contribution in [-0.2, 0) is 9.47 Å². The van der Waals surface area contributed by atoms with E-state index in [9.17, 15) is 9.59 Å². The van der Waals surface area contributed by atoms with Gasteiger partial charge >= 0.3 is 12.3 Å². The zero-order chi connectivity index (χ0) is 18.8. The lowest BCUT2D eigenvalue weighted by atomic mass is 10.0. The molecular weight excluding hydrogens is 320 g/mol. The largest absolute Gasteiger partial charge is 0.518 e. The van der Waals surface area contributed by atoms with Crippen molar-refractivity contribution in [1.29, 1.82) is 0 Å². The van der Waals surface area contributed by atoms with Crippen molar-refractivity contribution in [2.24, 2.45) is 0 Å². The molecule has 0 heterocycles. The van der Waals surface area contributed by atoms with Gasteiger partial charge in [-0.05, 0) is 19.3 Å². The Kier molecular flexibility index (Phi) is 16.7. The van der Waals surface area contributed by atoms with Crippen molar-refractivity contribution in [1.82, 2.24) is 0 Å². The third-order valence-corrected chi connectivity index (χ3v) is 4.52. The third kappa shape index (κ3) is 17.4. The van der Waals surface area contributed by atoms with Gasteiger partial charge in [0.1, 0.15) is 6.10 Å². The van der Waals surface area contributed by atoms with Gasteiger partial charge in [0, 0.05) is 0 Å². The average Bonchev–Trinajstić information content (AvgIpc) is 2.57. The van der Waals surface area contributed by atoms with Gasteiger partial charge in [-0.15, -0.1) is 0 Å². The molecule has 0 spiro atoms. The first kappa shape index (κ1) is 23.7. The lowest BCUT2D eigenvalue weighted by Gasteiger charge is -2.14. The van der Waals surface area contributed by atoms with Gasteiger partial charge in [-0.2, -0.15) is 0 Å². The Labute approximate surface area is 153 Å². The van der Waals surface area contributed by atoms with Crippen LogP contribution in [0.1, 0.15) is 110 Å². The minimum Gasteiger partial charge on any atom is -0.449 e. The van der Waals surface area contributed by atoms with Crippen molar-refractivity contribution in [2.45, 2.75) is 116 Å². The lowest BCUT2D eigenvalue weighted by Crippen LogP contribution is -2.20. The van der Waals surface area contributed by atoms with E-state index in [1.54, 1.807) is 0 Å². The highest BCUT2D eigenvalue weighted by Crippen LogP contribution is 2.15. The maximum absolute atomic E-state index is 11.1. The van der Waals surface area contributed by atoms with E-state index in [2.05, 4.69) is 11.7 Å². The lowest BCUT2D eigenvalue weighted by molar-refractivity contribution is 0.0238. The minimum atomic E-state index is -1.62. The molecule has 1 atom stereocenters. The molecule has 1 N–H and O–H groups in total. The van der Waals surface area contributed by atoms with Crippen LogP contribution >= 0.6 is 0 Å². The molecule has 1 unspecified atom stereocenters. The molecule has 0 amide bonds. The van der Waals surface area contributed by atoms with E-state index < -0.39 is 12.3 Å². The Hall–Kier alpha value is -1.26. The molecule has 5 heteroatoms. The monoisotopic (exact) mass is 358 g/mol. The first-order valence-corrected chi connectivity index (χ1v) is 10.2. The van der Waals surface area contributed by atoms with Crippen LogP contribution in [0.15, 0.2) is 0 Å². The molecule has 0 radical (unpaired) electrons. The summed E-state index contributed by atoms with van der Waals surface area (Å²) in [7, 11) is 0. The maximum Gasteiger partial charge on any atom is 0.518 e. The predicted molar refractivity (Wildman–Crippen MR) is 100.0 cm³/mol. The molecular formula is C20H38O5. The van der Waals surface area contributed by atoms with Gasteiger partial charge in [0.2, 0.25) is 0 Å². The fraction of sp³-hybridized carbons (Fsp3) is 0.900. The van der Waals surface area contributed by atoms with Gasteiger partial charge in [-0.1, -0.05) is 90.9 Å². The quantitative estimate of drug-likeness (QED) is 0.181. The molecule has 0 rings (SSSR count). The van der Waals surface area contributed by atoms with Crippen LogP contribution in [0.4, 0.5) is 9.59 Å². The van der Waals surface area contributed by atoms with Crippen LogP contribution < -0.4 is 0 Å². The molecule has 25 heavy (non-hydrogen) atoms. The smallest absolute Gasteiger partial charge is 0.449 e. The molecule has 0 aromatic carbocycles. The molecule has 0 aromatic heterocycles. The number of carboxylic acid groups (broad SMARTS) is 1. The maximum atomic E-state index is 11.1. The second kappa shape index (κ2) is 17.6. The number of carbonyl (C=O) groups excluding carboxylic acids is 1. The Morgan fingerprint density at radius 1 is 0.760 bits per heavy atom. The molecule has 0 aliphatic carbocycles. The Bertz CT molecular complexity index is 330. The van der Waals surface area contributed by atoms with Crippen molar-refractivity contribution in [3.63, 3.8) is 0 Å². The van der Waals surface area contributed by atoms with Gasteiger partial charge in [-0.25, -0.2) is 9.59 Å². The average molecular weight is 359 g/mol. The number of carbonyl (C=O) groups is 2. The SMILES string of the molecule is CCCCCCCCCCCCCCCC(CC)OC(=O)OC(=O)O. The third-order valence-electron chi connectivity index (χ3n) is 4.52. The summed E-state index contributed by atoms with van der Waals surface area (Å²) in [4.78, 5) is 21.4. The summed E-state index contributed by atoms with van der Waals surface area (Å²) in [5.41, 5.74) is 0. The predicted octanol–water partition coefficient (Wildman–Crippen LogP) is 7.08. The summed E-state index contributed by atoms with van der Waals surface area (Å²) >= 11 is 0. The van der Waals surface area contributed by atoms with E-state index in [1.807, 2.05) is 6.92 Å². The Balaban J connectivity index is 3.38. The van der Waals surface area contributed by atoms with Crippen LogP contribution in [0.25, 0.3) is 0 Å². The second-order valence-corrected chi connectivity index (χ2v) is 6.80. The molecule has 0 fully saturated rings. The summed E-state index contributed by atoms with van der Waals surface area (Å²) in [6.07, 6.45) is 15.3. The fourth-order valence-corrected chi connectivity index (χ4v) is 2.97. The Morgan fingerprint density at radius 3 is 1.60 bits per heavy atom. The minimum absolute atomic E-state index is 0.250. The van der Waals surface area contributed by atoms with E-state index in [0.717, 1.165) is 19.3 Å². The first-order chi connectivity index (χ1) is 12.1. The molecule has 0 bridgehead atoms. The topological polar surface area (TPSA) is 72.8 Å². The second-order valence-electron chi connectivity index (χ2n) is 6.80. The van der Waals surface area contributed by atoms with Crippen LogP contribution in [0.2, 0.25) is 0 Å². The van der Waals surface area contributed by atoms with Gasteiger partial charge in [0.15, 0.2) is 0 Å². The number of hydrogen-bond donors (Lipinski definition) is 1. The summed E-state index contributed by atoms with van der Waals surface area (Å²) < 4.78 is 8.93. The molecule has 0 aromatic rings. The Morgan fingerprint density at radius 2 is 1.20 bits per heavy atom. The van der Waals surface area contributed by atoms with E-state index in [1.165, 1.54) is 70.6 Å². The van der Waals surface area contributed by atoms with Crippen LogP contribution in [-0.4, -0.2) is 23.5 Å². The zero-order valence-electron chi connectivity index (χ0n) is 16.3. The van der Waals surface area contributed by atoms with Gasteiger partial charge in [0.05, 0.1) is 0 Å². The molecule has 5 nitrogen and oxygen atoms in total. The van der Waals surface area contributed by atoms with Crippen LogP contribution in [0.5, 0.6) is 0 Å². The molecule has 0 aliphatic heterocycles. The van der Waals surface area contributed by atoms with Crippen molar-refractivity contribution < 1.29 is 24.2 Å². The first-order valence-electron chi connectivity index (χ1n) is 10.2. The van der Waals surface area contributed by atoms with Crippen molar-refractivity contribution in [3.8, 4) is 0 Å². The number of ether oxygens (including phenoxy) is 2. The van der Waals surface area contributed by atoms with Crippen molar-refractivity contribution in [3.05, 3.63) is 0 Å².